The van der Waals surface area contributed by atoms with E-state index in [0.29, 0.717) is 12.0 Å². The van der Waals surface area contributed by atoms with Crippen molar-refractivity contribution in [2.45, 2.75) is 19.8 Å². The lowest BCUT2D eigenvalue weighted by molar-refractivity contribution is 0.382. The summed E-state index contributed by atoms with van der Waals surface area (Å²) in [5.74, 6) is -0.355. The van der Waals surface area contributed by atoms with Gasteiger partial charge in [-0.15, -0.1) is 0 Å². The molecular weight excluding hydrogens is 181 g/mol. The Balaban J connectivity index is 3.22. The molecule has 3 heteroatoms. The molecule has 0 aliphatic heterocycles. The average molecular weight is 193 g/mol. The lowest BCUT2D eigenvalue weighted by atomic mass is 10.1. The van der Waals surface area contributed by atoms with Crippen LogP contribution >= 0.6 is 0 Å². The molecule has 0 N–H and O–H groups in total. The highest BCUT2D eigenvalue weighted by Crippen LogP contribution is 2.25. The van der Waals surface area contributed by atoms with Crippen LogP contribution in [0, 0.1) is 17.1 Å². The number of nitriles is 1. The van der Waals surface area contributed by atoms with Crippen molar-refractivity contribution >= 4 is 0 Å². The minimum Gasteiger partial charge on any atom is -0.492 e. The van der Waals surface area contributed by atoms with E-state index in [-0.39, 0.29) is 11.3 Å². The monoisotopic (exact) mass is 193 g/mol. The number of methoxy groups -OCH3 is 1. The molecule has 1 rings (SSSR count). The Kier molecular flexibility index (Phi) is 3.47. The molecule has 0 fully saturated rings. The van der Waals surface area contributed by atoms with Crippen LogP contribution in [0.1, 0.15) is 24.5 Å². The quantitative estimate of drug-likeness (QED) is 0.739. The van der Waals surface area contributed by atoms with Gasteiger partial charge in [0.05, 0.1) is 12.7 Å². The first-order valence-electron chi connectivity index (χ1n) is 4.50. The second-order valence-corrected chi connectivity index (χ2v) is 2.98. The normalized spacial score (nSPS) is 9.57. The van der Waals surface area contributed by atoms with Gasteiger partial charge in [0.15, 0.2) is 11.6 Å². The minimum absolute atomic E-state index is 0.0541. The van der Waals surface area contributed by atoms with Gasteiger partial charge in [0.1, 0.15) is 6.07 Å². The zero-order valence-electron chi connectivity index (χ0n) is 8.30. The summed E-state index contributed by atoms with van der Waals surface area (Å²) in [7, 11) is 1.37. The van der Waals surface area contributed by atoms with E-state index < -0.39 is 5.82 Å². The van der Waals surface area contributed by atoms with Crippen molar-refractivity contribution < 1.29 is 9.13 Å². The molecule has 0 aliphatic rings. The van der Waals surface area contributed by atoms with E-state index in [2.05, 4.69) is 0 Å². The first-order chi connectivity index (χ1) is 6.74. The molecule has 0 spiro atoms. The van der Waals surface area contributed by atoms with Gasteiger partial charge in [0, 0.05) is 0 Å². The van der Waals surface area contributed by atoms with E-state index in [4.69, 9.17) is 10.00 Å². The Morgan fingerprint density at radius 3 is 2.71 bits per heavy atom. The van der Waals surface area contributed by atoms with Crippen molar-refractivity contribution in [2.75, 3.05) is 7.11 Å². The van der Waals surface area contributed by atoms with Gasteiger partial charge in [-0.3, -0.25) is 0 Å². The maximum Gasteiger partial charge on any atom is 0.172 e. The molecule has 0 unspecified atom stereocenters. The van der Waals surface area contributed by atoms with E-state index in [0.717, 1.165) is 6.42 Å². The molecule has 2 nitrogen and oxygen atoms in total. The summed E-state index contributed by atoms with van der Waals surface area (Å²) >= 11 is 0. The summed E-state index contributed by atoms with van der Waals surface area (Å²) in [5, 5.41) is 8.70. The molecule has 14 heavy (non-hydrogen) atoms. The van der Waals surface area contributed by atoms with Crippen molar-refractivity contribution in [1.82, 2.24) is 0 Å². The summed E-state index contributed by atoms with van der Waals surface area (Å²) in [5.41, 5.74) is 0.841. The van der Waals surface area contributed by atoms with Crippen molar-refractivity contribution in [3.8, 4) is 11.8 Å². The van der Waals surface area contributed by atoms with Crippen LogP contribution in [0.3, 0.4) is 0 Å². The Bertz CT molecular complexity index is 368. The van der Waals surface area contributed by atoms with Crippen LogP contribution in [0.25, 0.3) is 0 Å². The summed E-state index contributed by atoms with van der Waals surface area (Å²) in [6.07, 6.45) is 1.53. The van der Waals surface area contributed by atoms with Gasteiger partial charge in [0.25, 0.3) is 0 Å². The topological polar surface area (TPSA) is 33.0 Å². The standard InChI is InChI=1S/C11H12FNO/c1-3-4-8-5-6-9(7-13)11(14-2)10(8)12/h5-6H,3-4H2,1-2H3. The van der Waals surface area contributed by atoms with Crippen LogP contribution in [0.15, 0.2) is 12.1 Å². The average Bonchev–Trinajstić information content (AvgIpc) is 2.21. The molecule has 1 aromatic carbocycles. The molecule has 0 aliphatic carbocycles. The first kappa shape index (κ1) is 10.5. The number of aryl methyl sites for hydroxylation is 1. The minimum atomic E-state index is -0.409. The molecule has 1 aromatic rings. The Morgan fingerprint density at radius 2 is 2.21 bits per heavy atom. The third-order valence-electron chi connectivity index (χ3n) is 2.02. The fourth-order valence-corrected chi connectivity index (χ4v) is 1.35. The highest BCUT2D eigenvalue weighted by molar-refractivity contribution is 5.46. The summed E-state index contributed by atoms with van der Waals surface area (Å²) < 4.78 is 18.5. The van der Waals surface area contributed by atoms with Crippen LogP contribution in [-0.2, 0) is 6.42 Å². The number of hydrogen-bond acceptors (Lipinski definition) is 2. The third kappa shape index (κ3) is 1.85. The van der Waals surface area contributed by atoms with Gasteiger partial charge in [-0.1, -0.05) is 19.4 Å². The molecule has 0 aromatic heterocycles. The van der Waals surface area contributed by atoms with Crippen LogP contribution < -0.4 is 4.74 Å². The van der Waals surface area contributed by atoms with E-state index in [9.17, 15) is 4.39 Å². The maximum absolute atomic E-state index is 13.6. The van der Waals surface area contributed by atoms with Gasteiger partial charge < -0.3 is 4.74 Å². The van der Waals surface area contributed by atoms with Crippen molar-refractivity contribution in [2.24, 2.45) is 0 Å². The lowest BCUT2D eigenvalue weighted by Crippen LogP contribution is -1.97. The summed E-state index contributed by atoms with van der Waals surface area (Å²) in [6, 6.07) is 5.12. The number of nitrogens with zero attached hydrogens (tertiary/aromatic N) is 1. The van der Waals surface area contributed by atoms with Gasteiger partial charge in [0.2, 0.25) is 0 Å². The number of benzene rings is 1. The number of rotatable bonds is 3. The van der Waals surface area contributed by atoms with E-state index in [1.807, 2.05) is 13.0 Å². The van der Waals surface area contributed by atoms with Crippen LogP contribution in [-0.4, -0.2) is 7.11 Å². The van der Waals surface area contributed by atoms with Crippen molar-refractivity contribution in [3.05, 3.63) is 29.1 Å². The Hall–Kier alpha value is -1.56. The number of hydrogen-bond donors (Lipinski definition) is 0. The van der Waals surface area contributed by atoms with Gasteiger partial charge in [-0.05, 0) is 18.1 Å². The van der Waals surface area contributed by atoms with E-state index in [1.54, 1.807) is 12.1 Å². The van der Waals surface area contributed by atoms with Crippen LogP contribution in [0.4, 0.5) is 4.39 Å². The summed E-state index contributed by atoms with van der Waals surface area (Å²) in [6.45, 7) is 1.98. The fraction of sp³-hybridized carbons (Fsp3) is 0.364. The summed E-state index contributed by atoms with van der Waals surface area (Å²) in [4.78, 5) is 0. The largest absolute Gasteiger partial charge is 0.492 e. The zero-order valence-corrected chi connectivity index (χ0v) is 8.30. The Labute approximate surface area is 82.9 Å². The molecule has 0 saturated heterocycles. The highest BCUT2D eigenvalue weighted by atomic mass is 19.1. The molecule has 0 bridgehead atoms. The van der Waals surface area contributed by atoms with Crippen molar-refractivity contribution in [3.63, 3.8) is 0 Å². The molecule has 0 amide bonds. The maximum atomic E-state index is 13.6. The van der Waals surface area contributed by atoms with Gasteiger partial charge in [-0.2, -0.15) is 5.26 Å². The molecule has 0 saturated carbocycles. The number of halogens is 1. The van der Waals surface area contributed by atoms with Crippen molar-refractivity contribution in [1.29, 1.82) is 5.26 Å². The third-order valence-corrected chi connectivity index (χ3v) is 2.02. The number of ether oxygens (including phenoxy) is 1. The highest BCUT2D eigenvalue weighted by Gasteiger charge is 2.12. The second-order valence-electron chi connectivity index (χ2n) is 2.98. The lowest BCUT2D eigenvalue weighted by Gasteiger charge is -2.07. The molecule has 0 heterocycles. The van der Waals surface area contributed by atoms with Crippen LogP contribution in [0.2, 0.25) is 0 Å². The predicted molar refractivity (Wildman–Crippen MR) is 51.7 cm³/mol. The van der Waals surface area contributed by atoms with Gasteiger partial charge >= 0.3 is 0 Å². The van der Waals surface area contributed by atoms with E-state index in [1.165, 1.54) is 7.11 Å². The van der Waals surface area contributed by atoms with Gasteiger partial charge in [-0.25, -0.2) is 4.39 Å². The zero-order chi connectivity index (χ0) is 10.6. The first-order valence-corrected chi connectivity index (χ1v) is 4.50. The second kappa shape index (κ2) is 4.61. The molecule has 0 radical (unpaired) electrons. The van der Waals surface area contributed by atoms with E-state index >= 15 is 0 Å². The Morgan fingerprint density at radius 1 is 1.50 bits per heavy atom. The SMILES string of the molecule is CCCc1ccc(C#N)c(OC)c1F. The molecule has 0 atom stereocenters. The fourth-order valence-electron chi connectivity index (χ4n) is 1.35. The smallest absolute Gasteiger partial charge is 0.172 e. The molecular formula is C11H12FNO. The predicted octanol–water partition coefficient (Wildman–Crippen LogP) is 2.66. The molecule has 74 valence electrons. The van der Waals surface area contributed by atoms with Crippen LogP contribution in [0.5, 0.6) is 5.75 Å².